The molecule has 9 atom stereocenters. The number of halogens is 3. The van der Waals surface area contributed by atoms with Crippen LogP contribution in [0.5, 0.6) is 40.8 Å². The lowest BCUT2D eigenvalue weighted by molar-refractivity contribution is -0.121. The Balaban J connectivity index is -0.000000346. The number of aromatic amines is 3. The summed E-state index contributed by atoms with van der Waals surface area (Å²) in [6.45, 7) is 19.1. The molecule has 6 fully saturated rings. The Labute approximate surface area is 871 Å². The number of primary amides is 3. The Morgan fingerprint density at radius 2 is 0.851 bits per heavy atom. The molecule has 0 radical (unpaired) electrons. The number of nitrogens with one attached hydrogen (secondary N) is 5. The summed E-state index contributed by atoms with van der Waals surface area (Å²) in [6.07, 6.45) is 7.36. The van der Waals surface area contributed by atoms with Crippen LogP contribution in [0.25, 0.3) is 65.8 Å². The summed E-state index contributed by atoms with van der Waals surface area (Å²) in [4.78, 5) is 127. The fourth-order valence-corrected chi connectivity index (χ4v) is 20.6. The number of carbonyl (C=O) groups excluding carboxylic acids is 5. The summed E-state index contributed by atoms with van der Waals surface area (Å²) >= 11 is 0. The summed E-state index contributed by atoms with van der Waals surface area (Å²) in [5.74, 6) is 0.694. The predicted octanol–water partition coefficient (Wildman–Crippen LogP) is 14.3. The van der Waals surface area contributed by atoms with E-state index in [-0.39, 0.29) is 95.3 Å². The minimum atomic E-state index is -4.39. The second-order valence-electron chi connectivity index (χ2n) is 36.8. The maximum absolute atomic E-state index is 15.2. The average Bonchev–Trinajstić information content (AvgIpc) is 1.53. The number of piperidine rings is 3. The van der Waals surface area contributed by atoms with Crippen molar-refractivity contribution in [1.82, 2.24) is 80.1 Å². The Hall–Kier alpha value is -15.1. The van der Waals surface area contributed by atoms with Crippen LogP contribution in [0.2, 0.25) is 0 Å². The molecule has 6 aliphatic rings. The molecule has 9 aromatic heterocycles. The molecule has 3 aliphatic heterocycles. The SMILES string of the molecule is C.CNc1cc(F)cc2c1[nH]c1nc(Oc3cnc(C)nc3)nc(N3C[C@@H]4[C@H](C3)C4(N)C(N)=O)c12.COc1ccc(CS(=O)(=O)c2nc(S(=O)(=O)Cc3ccc(OC)cc3)c3c(n2)[nH]c2c(N(C)C(=O)OC(C)(C)C)cc(F)cc23)cc1.Cc1ncc(O)cn1.Cc1ncc(Oc2nc(N3C[C@@H]4[C@H](C3)C4(N)C(N)=O)c3c(n2)[nH]c2c(N(C)C(=O)OC(C)(C)C)cc(F)cc23)cn1.NC(=O)C1(N)[C@@H]2CNC[C@@H]21.[2HH].[2H][2H].[2H][2H].[2H][2H].[2H][2H].[2H][2H].[2H][2H].[2H][2H].[2H][2H].[2H][2H].[2H][2H].[2H][2H].[2H][2H].[2H][2H].[2H][2H].[2H][2H].[2H][2H].[2H][2H].[2H][2H].[2H][2H].[2H][2H].[2H][2H]. The second-order valence-corrected chi connectivity index (χ2v) is 40.5. The van der Waals surface area contributed by atoms with Crippen molar-refractivity contribution >= 4 is 144 Å². The first kappa shape index (κ1) is 75.8. The van der Waals surface area contributed by atoms with E-state index in [2.05, 4.69) is 80.4 Å². The highest BCUT2D eigenvalue weighted by molar-refractivity contribution is 7.91. The molecule has 20 rings (SSSR count). The smallest absolute Gasteiger partial charge is 0.414 e. The number of aryl methyl sites for hydroxylation is 3. The highest BCUT2D eigenvalue weighted by Gasteiger charge is 2.72. The molecule has 14 aromatic rings. The number of carbonyl (C=O) groups is 5. The van der Waals surface area contributed by atoms with Gasteiger partial charge in [-0.15, -0.1) is 0 Å². The molecular weight excluding hydrogens is 1870 g/mol. The fourth-order valence-electron chi connectivity index (χ4n) is 17.8. The molecule has 3 saturated heterocycles. The van der Waals surface area contributed by atoms with Crippen molar-refractivity contribution in [3.63, 3.8) is 0 Å². The number of benzene rings is 5. The molecule has 3 unspecified atom stereocenters. The molecule has 18 N–H and O–H groups in total. The molecule has 3 saturated carbocycles. The van der Waals surface area contributed by atoms with Crippen LogP contribution in [0, 0.1) is 73.7 Å². The Bertz CT molecular complexity index is 7580. The maximum Gasteiger partial charge on any atom is 0.414 e. The Kier molecular flexibility index (Phi) is 20.4. The molecule has 3 aliphatic carbocycles. The summed E-state index contributed by atoms with van der Waals surface area (Å²) in [5.41, 5.74) is 33.7. The van der Waals surface area contributed by atoms with E-state index in [0.717, 1.165) is 30.1 Å². The third-order valence-electron chi connectivity index (χ3n) is 25.1. The first-order chi connectivity index (χ1) is 87.0. The molecule has 12 heterocycles. The van der Waals surface area contributed by atoms with Gasteiger partial charge in [-0.1, -0.05) is 31.7 Å². The number of hydrogen-bond donors (Lipinski definition) is 12. The van der Waals surface area contributed by atoms with Crippen LogP contribution in [-0.4, -0.2) is 229 Å². The number of methoxy groups -OCH3 is 2. The lowest BCUT2D eigenvalue weighted by atomic mass is 10.1. The lowest BCUT2D eigenvalue weighted by Crippen LogP contribution is -2.47. The van der Waals surface area contributed by atoms with Gasteiger partial charge in [-0.2, -0.15) is 19.9 Å². The van der Waals surface area contributed by atoms with Gasteiger partial charge in [-0.25, -0.2) is 79.5 Å². The molecule has 48 heteroatoms. The lowest BCUT2D eigenvalue weighted by Gasteiger charge is -2.25. The van der Waals surface area contributed by atoms with Gasteiger partial charge in [-0.05, 0) is 134 Å². The van der Waals surface area contributed by atoms with Crippen LogP contribution >= 0.6 is 0 Å². The zero-order chi connectivity index (χ0) is 143. The molecule has 43 nitrogen and oxygen atoms in total. The van der Waals surface area contributed by atoms with Gasteiger partial charge in [0.25, 0.3) is 5.16 Å². The van der Waals surface area contributed by atoms with Crippen LogP contribution in [0.4, 0.5) is 51.5 Å². The first-order valence-electron chi connectivity index (χ1n) is 64.8. The normalized spacial score (nSPS) is 21.3. The highest BCUT2D eigenvalue weighted by Crippen LogP contribution is 2.57. The molecule has 0 bridgehead atoms. The quantitative estimate of drug-likeness (QED) is 0.0249. The van der Waals surface area contributed by atoms with Crippen molar-refractivity contribution in [1.29, 1.82) is 0 Å². The number of aromatic nitrogens is 15. The molecule has 5 aromatic carbocycles. The summed E-state index contributed by atoms with van der Waals surface area (Å²) < 4.78 is 343. The molecule has 0 spiro atoms. The van der Waals surface area contributed by atoms with Gasteiger partial charge in [0.05, 0.1) is 113 Å². The number of nitrogens with two attached hydrogens (primary N) is 6. The van der Waals surface area contributed by atoms with E-state index in [0.29, 0.717) is 151 Å². The second kappa shape index (κ2) is 37.9. The monoisotopic (exact) mass is 2070 g/mol. The first-order valence-corrected chi connectivity index (χ1v) is 47.1. The van der Waals surface area contributed by atoms with Gasteiger partial charge in [0.1, 0.15) is 103 Å². The van der Waals surface area contributed by atoms with Crippen LogP contribution in [0.15, 0.2) is 132 Å². The Morgan fingerprint density at radius 1 is 0.504 bits per heavy atom. The molecule has 786 valence electrons. The number of ether oxygens (including phenoxy) is 6. The van der Waals surface area contributed by atoms with Crippen LogP contribution in [0.3, 0.4) is 0 Å². The zero-order valence-electron chi connectivity index (χ0n) is 120. The number of H-pyrrole nitrogens is 3. The minimum absolute atomic E-state index is 0. The number of nitrogens with zero attached hydrogens (tertiary/aromatic N) is 16. The number of anilines is 5. The topological polar surface area (TPSA) is 624 Å². The van der Waals surface area contributed by atoms with Crippen molar-refractivity contribution in [2.45, 2.75) is 119 Å². The summed E-state index contributed by atoms with van der Waals surface area (Å²) in [6, 6.07) is 20.3. The van der Waals surface area contributed by atoms with Crippen LogP contribution < -0.4 is 83.6 Å². The Morgan fingerprint density at radius 3 is 1.21 bits per heavy atom. The van der Waals surface area contributed by atoms with Gasteiger partial charge in [0, 0.05) is 176 Å². The summed E-state index contributed by atoms with van der Waals surface area (Å²) in [7, 11) is -1.17. The van der Waals surface area contributed by atoms with E-state index >= 15 is 8.78 Å². The third kappa shape index (κ3) is 20.0. The predicted molar refractivity (Wildman–Crippen MR) is 563 cm³/mol. The third-order valence-corrected chi connectivity index (χ3v) is 28.2. The van der Waals surface area contributed by atoms with Gasteiger partial charge in [0.2, 0.25) is 37.4 Å². The summed E-state index contributed by atoms with van der Waals surface area (Å²) in [5, 5.41) is 15.6. The van der Waals surface area contributed by atoms with E-state index in [4.69, 9.17) is 135 Å². The number of amides is 5. The largest absolute Gasteiger partial charge is 0.505 e. The number of hydrogen-bond acceptors (Lipinski definition) is 35. The van der Waals surface area contributed by atoms with Crippen molar-refractivity contribution in [2.24, 2.45) is 69.9 Å². The molecule has 5 amide bonds. The van der Waals surface area contributed by atoms with Gasteiger partial charge in [-0.3, -0.25) is 24.2 Å². The number of sulfone groups is 2. The fraction of sp³-hybridized carbons (Fsp3) is 0.366. The van der Waals surface area contributed by atoms with Crippen molar-refractivity contribution in [3.05, 3.63) is 168 Å². The standard InChI is InChI=1S/C32H33FN4O8S2.C27H30FN9O4.C22H22FN9O2.C6H11N3O.C5H6N2O.CH4.22H2/c1-32(2,3)45-31(38)37(4)25-16-21(33)15-24-26-28(34-27(24)25)35-30(47(41,42)18-20-9-13-23(44-6)14-10-20)36-29(26)46(39,40)17-19-7-11-22(43-5)12-8-19;1-12-31-8-14(9-32-12)40-24-34-21-19(22(35-24)37-10-16-17(11-37)27(16,30)23(29)38)15-6-13(28)7-18(20(15)33-21)36(5)25(39)41-26(2,3)4;1-9-27-5-11(6-28-9)34-21-30-18-16(12-3-10(23)4-15(26-2)17(12)29-18)19(31-21)32-7-13-14(8-32)22(13,25)20(24)33;7-5(10)6(8)3-1-9-2-4(3)6;1-4-6-2-5(8)3-7-4;;;;;;;;;;;;;;;;;;;;;;;/h7-16H,17-18H2,1-6H3,(H,34,35,36);6-9,16-17H,10-11,30H2,1-5H3,(H2,29,38)(H,33,34,35);3-6,13-14,26H,7-8,25H2,1-2H3,(H2,24,33)(H,29,30,31);3-4,9H,1-2,8H2,(H2,7,10);2-3,8H,1H3;1H4;22*1H/t;16-,17+,27?;13-,14+,22?;3-,4+,6?;;;;;;;;;;;;;;;;;;;;;;;;/i;;;;;;21*1+1D;1+1. The van der Waals surface area contributed by atoms with Crippen LogP contribution in [-0.2, 0) is 55.0 Å². The van der Waals surface area contributed by atoms with E-state index in [1.54, 1.807) is 118 Å². The molecular formula is C93H150F3N27O16S2. The van der Waals surface area contributed by atoms with Crippen molar-refractivity contribution < 1.29 is 151 Å². The van der Waals surface area contributed by atoms with Crippen LogP contribution in [0.1, 0.15) is 141 Å². The van der Waals surface area contributed by atoms with E-state index in [9.17, 15) is 45.2 Å². The van der Waals surface area contributed by atoms with Crippen molar-refractivity contribution in [2.75, 3.05) is 99.5 Å². The van der Waals surface area contributed by atoms with Gasteiger partial charge >= 0.3 is 24.2 Å². The number of aromatic hydroxyl groups is 1. The highest BCUT2D eigenvalue weighted by atomic mass is 32.2. The van der Waals surface area contributed by atoms with Gasteiger partial charge in [0.15, 0.2) is 22.3 Å². The molecule has 141 heavy (non-hydrogen) atoms. The van der Waals surface area contributed by atoms with E-state index in [1.165, 1.54) is 94.7 Å². The number of fused-ring (bicyclic) bond motifs is 12. The zero-order valence-corrected chi connectivity index (χ0v) is 79.9. The maximum atomic E-state index is 15.2. The van der Waals surface area contributed by atoms with E-state index < -0.39 is 105 Å². The number of rotatable bonds is 20. The minimum Gasteiger partial charge on any atom is -0.505 e. The average molecular weight is 2070 g/mol. The van der Waals surface area contributed by atoms with Crippen molar-refractivity contribution in [3.8, 4) is 40.8 Å². The van der Waals surface area contributed by atoms with Gasteiger partial charge < -0.3 is 103 Å². The van der Waals surface area contributed by atoms with E-state index in [1.807, 2.05) is 9.80 Å².